The van der Waals surface area contributed by atoms with Crippen molar-refractivity contribution in [1.82, 2.24) is 20.1 Å². The van der Waals surface area contributed by atoms with Crippen molar-refractivity contribution in [3.05, 3.63) is 35.6 Å². The van der Waals surface area contributed by atoms with E-state index in [2.05, 4.69) is 20.1 Å². The molecule has 1 aliphatic rings. The van der Waals surface area contributed by atoms with Gasteiger partial charge >= 0.3 is 6.18 Å². The van der Waals surface area contributed by atoms with E-state index in [0.29, 0.717) is 42.3 Å². The number of alkyl halides is 3. The number of hydrogen-bond donors (Lipinski definition) is 1. The van der Waals surface area contributed by atoms with Gasteiger partial charge < -0.3 is 14.4 Å². The van der Waals surface area contributed by atoms with E-state index in [1.807, 2.05) is 11.0 Å². The predicted octanol–water partition coefficient (Wildman–Crippen LogP) is 3.03. The average Bonchev–Trinajstić information content (AvgIpc) is 3.24. The number of carbonyl (C=O) groups excluding carboxylic acids is 1. The molecule has 10 heteroatoms. The predicted molar refractivity (Wildman–Crippen MR) is 84.8 cm³/mol. The van der Waals surface area contributed by atoms with E-state index in [1.54, 1.807) is 6.20 Å². The third kappa shape index (κ3) is 3.02. The van der Waals surface area contributed by atoms with Crippen LogP contribution in [-0.2, 0) is 13.0 Å². The van der Waals surface area contributed by atoms with Gasteiger partial charge in [-0.15, -0.1) is 0 Å². The highest BCUT2D eigenvalue weighted by molar-refractivity contribution is 5.96. The molecular formula is C16H14F3N5O2. The van der Waals surface area contributed by atoms with Crippen molar-refractivity contribution < 1.29 is 22.5 Å². The van der Waals surface area contributed by atoms with Crippen LogP contribution in [0.25, 0.3) is 11.0 Å². The Hall–Kier alpha value is -2.91. The van der Waals surface area contributed by atoms with Crippen molar-refractivity contribution >= 4 is 22.6 Å². The summed E-state index contributed by atoms with van der Waals surface area (Å²) in [6.45, 7) is 0.888. The van der Waals surface area contributed by atoms with Crippen molar-refractivity contribution in [1.29, 1.82) is 0 Å². The largest absolute Gasteiger partial charge is 0.389 e. The molecule has 4 rings (SSSR count). The highest BCUT2D eigenvalue weighted by Gasteiger charge is 2.32. The summed E-state index contributed by atoms with van der Waals surface area (Å²) >= 11 is 0. The molecule has 26 heavy (non-hydrogen) atoms. The zero-order valence-electron chi connectivity index (χ0n) is 13.5. The molecule has 3 aromatic rings. The van der Waals surface area contributed by atoms with E-state index in [1.165, 1.54) is 6.33 Å². The summed E-state index contributed by atoms with van der Waals surface area (Å²) in [7, 11) is 0. The summed E-state index contributed by atoms with van der Waals surface area (Å²) in [6, 6.07) is 1.85. The molecule has 0 unspecified atom stereocenters. The van der Waals surface area contributed by atoms with Crippen LogP contribution in [0.4, 0.5) is 19.0 Å². The first-order valence-electron chi connectivity index (χ1n) is 8.03. The molecule has 0 aromatic carbocycles. The second-order valence-corrected chi connectivity index (χ2v) is 6.08. The highest BCUT2D eigenvalue weighted by Crippen LogP contribution is 2.30. The van der Waals surface area contributed by atoms with Crippen molar-refractivity contribution in [2.45, 2.75) is 32.0 Å². The minimum atomic E-state index is -4.38. The molecule has 1 N–H and O–H groups in total. The third-order valence-electron chi connectivity index (χ3n) is 4.36. The fraction of sp³-hybridized carbons (Fsp3) is 0.375. The van der Waals surface area contributed by atoms with Gasteiger partial charge in [0, 0.05) is 31.1 Å². The molecule has 0 atom stereocenters. The maximum atomic E-state index is 12.4. The molecule has 0 saturated carbocycles. The Morgan fingerprint density at radius 3 is 3.00 bits per heavy atom. The Labute approximate surface area is 145 Å². The number of fused-ring (bicyclic) bond motifs is 2. The second kappa shape index (κ2) is 6.11. The van der Waals surface area contributed by atoms with Crippen molar-refractivity contribution in [3.8, 4) is 0 Å². The summed E-state index contributed by atoms with van der Waals surface area (Å²) in [6.07, 6.45) is -2.52. The van der Waals surface area contributed by atoms with E-state index in [4.69, 9.17) is 4.52 Å². The quantitative estimate of drug-likeness (QED) is 0.715. The monoisotopic (exact) mass is 365 g/mol. The summed E-state index contributed by atoms with van der Waals surface area (Å²) in [4.78, 5) is 25.6. The van der Waals surface area contributed by atoms with Crippen LogP contribution in [0, 0.1) is 0 Å². The lowest BCUT2D eigenvalue weighted by molar-refractivity contribution is -0.133. The van der Waals surface area contributed by atoms with Crippen molar-refractivity contribution in [2.24, 2.45) is 0 Å². The average molecular weight is 365 g/mol. The molecular weight excluding hydrogens is 351 g/mol. The molecule has 1 aliphatic heterocycles. The zero-order chi connectivity index (χ0) is 18.3. The molecule has 7 nitrogen and oxygen atoms in total. The standard InChI is InChI=1S/C16H14F3N5O2/c17-16(18,19)4-1-11(25)13-10-7-24(6-3-12(10)26-23-13)15-9-2-5-20-14(9)21-8-22-15/h2,5,8H,1,3-4,6-7H2,(H,20,21,22). The topological polar surface area (TPSA) is 87.9 Å². The van der Waals surface area contributed by atoms with E-state index in [-0.39, 0.29) is 5.69 Å². The van der Waals surface area contributed by atoms with Gasteiger partial charge in [0.25, 0.3) is 0 Å². The van der Waals surface area contributed by atoms with Crippen LogP contribution in [-0.4, -0.2) is 38.6 Å². The third-order valence-corrected chi connectivity index (χ3v) is 4.36. The Kier molecular flexibility index (Phi) is 3.89. The van der Waals surface area contributed by atoms with Crippen LogP contribution in [0.1, 0.15) is 34.7 Å². The second-order valence-electron chi connectivity index (χ2n) is 6.08. The molecule has 0 aliphatic carbocycles. The Morgan fingerprint density at radius 1 is 1.35 bits per heavy atom. The Morgan fingerprint density at radius 2 is 2.19 bits per heavy atom. The van der Waals surface area contributed by atoms with Gasteiger partial charge in [0.15, 0.2) is 11.5 Å². The molecule has 0 spiro atoms. The summed E-state index contributed by atoms with van der Waals surface area (Å²) in [5.74, 6) is 0.566. The van der Waals surface area contributed by atoms with Crippen molar-refractivity contribution in [3.63, 3.8) is 0 Å². The van der Waals surface area contributed by atoms with Crippen LogP contribution in [0.15, 0.2) is 23.1 Å². The molecule has 0 saturated heterocycles. The van der Waals surface area contributed by atoms with Gasteiger partial charge in [-0.05, 0) is 6.07 Å². The lowest BCUT2D eigenvalue weighted by atomic mass is 10.0. The van der Waals surface area contributed by atoms with Crippen molar-refractivity contribution in [2.75, 3.05) is 11.4 Å². The van der Waals surface area contributed by atoms with E-state index in [0.717, 1.165) is 5.39 Å². The van der Waals surface area contributed by atoms with Crippen LogP contribution in [0.3, 0.4) is 0 Å². The van der Waals surface area contributed by atoms with Gasteiger partial charge in [-0.1, -0.05) is 5.16 Å². The Balaban J connectivity index is 1.60. The molecule has 0 radical (unpaired) electrons. The zero-order valence-corrected chi connectivity index (χ0v) is 13.5. The van der Waals surface area contributed by atoms with Gasteiger partial charge in [-0.3, -0.25) is 4.79 Å². The van der Waals surface area contributed by atoms with E-state index in [9.17, 15) is 18.0 Å². The van der Waals surface area contributed by atoms with Gasteiger partial charge in [0.2, 0.25) is 0 Å². The lowest BCUT2D eigenvalue weighted by Crippen LogP contribution is -2.31. The number of anilines is 1. The normalized spacial score (nSPS) is 14.7. The van der Waals surface area contributed by atoms with Gasteiger partial charge in [-0.25, -0.2) is 9.97 Å². The van der Waals surface area contributed by atoms with Crippen LogP contribution in [0.2, 0.25) is 0 Å². The lowest BCUT2D eigenvalue weighted by Gasteiger charge is -2.27. The highest BCUT2D eigenvalue weighted by atomic mass is 19.4. The maximum Gasteiger partial charge on any atom is 0.389 e. The maximum absolute atomic E-state index is 12.4. The summed E-state index contributed by atoms with van der Waals surface area (Å²) in [5.41, 5.74) is 1.20. The van der Waals surface area contributed by atoms with Crippen LogP contribution in [0.5, 0.6) is 0 Å². The van der Waals surface area contributed by atoms with Crippen LogP contribution < -0.4 is 4.90 Å². The van der Waals surface area contributed by atoms with E-state index >= 15 is 0 Å². The fourth-order valence-electron chi connectivity index (χ4n) is 3.09. The number of ketones is 1. The van der Waals surface area contributed by atoms with Crippen LogP contribution >= 0.6 is 0 Å². The first-order valence-corrected chi connectivity index (χ1v) is 8.03. The number of aromatic nitrogens is 4. The SMILES string of the molecule is O=C(CCC(F)(F)F)c1noc2c1CN(c1ncnc3[nH]ccc13)CC2. The smallest absolute Gasteiger partial charge is 0.360 e. The number of aromatic amines is 1. The van der Waals surface area contributed by atoms with Gasteiger partial charge in [0.05, 0.1) is 18.4 Å². The van der Waals surface area contributed by atoms with Gasteiger partial charge in [0.1, 0.15) is 23.6 Å². The first-order chi connectivity index (χ1) is 12.4. The Bertz CT molecular complexity index is 962. The number of nitrogens with one attached hydrogen (secondary N) is 1. The molecule has 0 bridgehead atoms. The number of hydrogen-bond acceptors (Lipinski definition) is 6. The summed E-state index contributed by atoms with van der Waals surface area (Å²) < 4.78 is 42.3. The molecule has 0 amide bonds. The molecule has 136 valence electrons. The van der Waals surface area contributed by atoms with E-state index < -0.39 is 24.8 Å². The minimum Gasteiger partial charge on any atom is -0.360 e. The first kappa shape index (κ1) is 16.6. The summed E-state index contributed by atoms with van der Waals surface area (Å²) in [5, 5.41) is 4.55. The number of halogens is 3. The number of H-pyrrole nitrogens is 1. The molecule has 0 fully saturated rings. The number of carbonyl (C=O) groups is 1. The molecule has 3 aromatic heterocycles. The minimum absolute atomic E-state index is 0.0201. The fourth-order valence-corrected chi connectivity index (χ4v) is 3.09. The number of nitrogens with zero attached hydrogens (tertiary/aromatic N) is 4. The molecule has 4 heterocycles. The number of rotatable bonds is 4. The van der Waals surface area contributed by atoms with Gasteiger partial charge in [-0.2, -0.15) is 13.2 Å². The number of Topliss-reactive ketones (excluding diaryl/α,β-unsaturated/α-hetero) is 1.